The Balaban J connectivity index is 1.62. The zero-order valence-electron chi connectivity index (χ0n) is 9.95. The number of hydrogen-bond donors (Lipinski definition) is 0. The van der Waals surface area contributed by atoms with Crippen LogP contribution in [0.4, 0.5) is 0 Å². The van der Waals surface area contributed by atoms with Crippen molar-refractivity contribution >= 4 is 0 Å². The van der Waals surface area contributed by atoms with E-state index in [-0.39, 0.29) is 6.29 Å². The molecule has 1 saturated heterocycles. The lowest BCUT2D eigenvalue weighted by Gasteiger charge is -2.28. The van der Waals surface area contributed by atoms with E-state index in [1.807, 2.05) is 0 Å². The molecule has 1 heterocycles. The van der Waals surface area contributed by atoms with E-state index in [1.54, 1.807) is 0 Å². The van der Waals surface area contributed by atoms with Gasteiger partial charge in [0.15, 0.2) is 6.29 Å². The maximum absolute atomic E-state index is 5.54. The Morgan fingerprint density at radius 2 is 1.93 bits per heavy atom. The van der Waals surface area contributed by atoms with Crippen LogP contribution in [-0.2, 0) is 9.47 Å². The van der Waals surface area contributed by atoms with E-state index in [0.717, 1.165) is 44.6 Å². The molecule has 2 fully saturated rings. The third-order valence-corrected chi connectivity index (χ3v) is 3.61. The molecule has 3 heteroatoms. The van der Waals surface area contributed by atoms with Gasteiger partial charge in [-0.05, 0) is 39.2 Å². The average Bonchev–Trinajstić information content (AvgIpc) is 3.10. The van der Waals surface area contributed by atoms with E-state index in [0.29, 0.717) is 0 Å². The highest BCUT2D eigenvalue weighted by atomic mass is 16.7. The molecule has 1 saturated carbocycles. The van der Waals surface area contributed by atoms with Crippen molar-refractivity contribution in [1.82, 2.24) is 4.90 Å². The highest BCUT2D eigenvalue weighted by Crippen LogP contribution is 2.34. The maximum Gasteiger partial charge on any atom is 0.158 e. The first kappa shape index (κ1) is 11.4. The van der Waals surface area contributed by atoms with Gasteiger partial charge in [-0.3, -0.25) is 0 Å². The van der Waals surface area contributed by atoms with Crippen LogP contribution in [-0.4, -0.2) is 44.0 Å². The molecule has 0 spiro atoms. The second-order valence-corrected chi connectivity index (χ2v) is 4.87. The highest BCUT2D eigenvalue weighted by molar-refractivity contribution is 4.84. The predicted molar refractivity (Wildman–Crippen MR) is 59.7 cm³/mol. The molecule has 88 valence electrons. The molecule has 0 bridgehead atoms. The van der Waals surface area contributed by atoms with Crippen LogP contribution < -0.4 is 0 Å². The molecule has 0 aromatic heterocycles. The van der Waals surface area contributed by atoms with E-state index in [9.17, 15) is 0 Å². The fourth-order valence-electron chi connectivity index (χ4n) is 2.15. The minimum atomic E-state index is 0.0487. The van der Waals surface area contributed by atoms with Gasteiger partial charge in [0.1, 0.15) is 0 Å². The molecule has 3 nitrogen and oxygen atoms in total. The minimum Gasteiger partial charge on any atom is -0.353 e. The van der Waals surface area contributed by atoms with Gasteiger partial charge in [0, 0.05) is 19.0 Å². The number of ether oxygens (including phenoxy) is 2. The van der Waals surface area contributed by atoms with Crippen molar-refractivity contribution in [3.8, 4) is 0 Å². The lowest BCUT2D eigenvalue weighted by Crippen LogP contribution is -2.35. The summed E-state index contributed by atoms with van der Waals surface area (Å²) in [6.07, 6.45) is 4.94. The Hall–Kier alpha value is -0.120. The molecule has 1 atom stereocenters. The van der Waals surface area contributed by atoms with Crippen molar-refractivity contribution in [2.75, 3.05) is 26.8 Å². The first-order valence-electron chi connectivity index (χ1n) is 6.21. The molecule has 0 N–H and O–H groups in total. The van der Waals surface area contributed by atoms with Crippen LogP contribution in [0.15, 0.2) is 0 Å². The Morgan fingerprint density at radius 3 is 2.53 bits per heavy atom. The topological polar surface area (TPSA) is 21.7 Å². The van der Waals surface area contributed by atoms with Crippen LogP contribution in [0.1, 0.15) is 32.6 Å². The van der Waals surface area contributed by atoms with E-state index in [1.165, 1.54) is 12.8 Å². The highest BCUT2D eigenvalue weighted by Gasteiger charge is 2.30. The van der Waals surface area contributed by atoms with E-state index in [2.05, 4.69) is 18.9 Å². The Labute approximate surface area is 92.7 Å². The summed E-state index contributed by atoms with van der Waals surface area (Å²) in [5, 5.41) is 0. The molecule has 0 aromatic carbocycles. The third kappa shape index (κ3) is 3.44. The summed E-state index contributed by atoms with van der Waals surface area (Å²) in [5.74, 6) is 0.947. The van der Waals surface area contributed by atoms with E-state index in [4.69, 9.17) is 9.47 Å². The largest absolute Gasteiger partial charge is 0.353 e. The van der Waals surface area contributed by atoms with Crippen LogP contribution in [0.3, 0.4) is 0 Å². The monoisotopic (exact) mass is 213 g/mol. The van der Waals surface area contributed by atoms with Crippen LogP contribution >= 0.6 is 0 Å². The van der Waals surface area contributed by atoms with Gasteiger partial charge in [-0.1, -0.05) is 0 Å². The number of rotatable bonds is 5. The van der Waals surface area contributed by atoms with Crippen molar-refractivity contribution in [3.05, 3.63) is 0 Å². The Morgan fingerprint density at radius 1 is 1.27 bits per heavy atom. The zero-order valence-corrected chi connectivity index (χ0v) is 9.95. The van der Waals surface area contributed by atoms with Gasteiger partial charge >= 0.3 is 0 Å². The summed E-state index contributed by atoms with van der Waals surface area (Å²) >= 11 is 0. The van der Waals surface area contributed by atoms with Gasteiger partial charge in [0.05, 0.1) is 13.2 Å². The summed E-state index contributed by atoms with van der Waals surface area (Å²) in [6, 6.07) is 0.730. The fourth-order valence-corrected chi connectivity index (χ4v) is 2.15. The van der Waals surface area contributed by atoms with Gasteiger partial charge in [-0.2, -0.15) is 0 Å². The molecule has 0 radical (unpaired) electrons. The van der Waals surface area contributed by atoms with Gasteiger partial charge in [-0.25, -0.2) is 0 Å². The van der Waals surface area contributed by atoms with Crippen molar-refractivity contribution in [3.63, 3.8) is 0 Å². The maximum atomic E-state index is 5.54. The molecule has 2 aliphatic rings. The molecule has 1 unspecified atom stereocenters. The molecular formula is C12H23NO2. The quantitative estimate of drug-likeness (QED) is 0.696. The van der Waals surface area contributed by atoms with Gasteiger partial charge in [-0.15, -0.1) is 0 Å². The van der Waals surface area contributed by atoms with Crippen molar-refractivity contribution in [2.45, 2.75) is 44.9 Å². The normalized spacial score (nSPS) is 25.8. The molecule has 0 amide bonds. The third-order valence-electron chi connectivity index (χ3n) is 3.61. The van der Waals surface area contributed by atoms with Crippen LogP contribution in [0.2, 0.25) is 0 Å². The van der Waals surface area contributed by atoms with Gasteiger partial charge in [0.25, 0.3) is 0 Å². The zero-order chi connectivity index (χ0) is 10.7. The molecule has 2 rings (SSSR count). The summed E-state index contributed by atoms with van der Waals surface area (Å²) < 4.78 is 11.1. The van der Waals surface area contributed by atoms with Crippen LogP contribution in [0, 0.1) is 5.92 Å². The lowest BCUT2D eigenvalue weighted by atomic mass is 10.2. The number of hydrogen-bond acceptors (Lipinski definition) is 3. The van der Waals surface area contributed by atoms with Gasteiger partial charge < -0.3 is 14.4 Å². The molecule has 1 aliphatic heterocycles. The molecule has 15 heavy (non-hydrogen) atoms. The fraction of sp³-hybridized carbons (Fsp3) is 1.00. The smallest absolute Gasteiger partial charge is 0.158 e. The van der Waals surface area contributed by atoms with E-state index >= 15 is 0 Å². The summed E-state index contributed by atoms with van der Waals surface area (Å²) in [7, 11) is 2.21. The second kappa shape index (κ2) is 5.28. The van der Waals surface area contributed by atoms with E-state index < -0.39 is 0 Å². The van der Waals surface area contributed by atoms with Crippen LogP contribution in [0.5, 0.6) is 0 Å². The molecule has 1 aliphatic carbocycles. The summed E-state index contributed by atoms with van der Waals surface area (Å²) in [6.45, 7) is 5.15. The number of nitrogens with zero attached hydrogens (tertiary/aromatic N) is 1. The minimum absolute atomic E-state index is 0.0487. The lowest BCUT2D eigenvalue weighted by molar-refractivity contribution is -0.182. The first-order valence-corrected chi connectivity index (χ1v) is 6.21. The first-order chi connectivity index (χ1) is 7.27. The van der Waals surface area contributed by atoms with Crippen LogP contribution in [0.25, 0.3) is 0 Å². The standard InChI is InChI=1S/C12H23NO2/c1-10(11-4-5-11)13(2)7-6-12-14-8-3-9-15-12/h10-12H,3-9H2,1-2H3. The van der Waals surface area contributed by atoms with Crippen molar-refractivity contribution in [1.29, 1.82) is 0 Å². The molecule has 0 aromatic rings. The Bertz CT molecular complexity index is 188. The molecular weight excluding hydrogens is 190 g/mol. The Kier molecular flexibility index (Phi) is 4.00. The van der Waals surface area contributed by atoms with Gasteiger partial charge in [0.2, 0.25) is 0 Å². The SMILES string of the molecule is CC(C1CC1)N(C)CCC1OCCCO1. The average molecular weight is 213 g/mol. The van der Waals surface area contributed by atoms with Crippen molar-refractivity contribution in [2.24, 2.45) is 5.92 Å². The predicted octanol–water partition coefficient (Wildman–Crippen LogP) is 1.87. The second-order valence-electron chi connectivity index (χ2n) is 4.87. The summed E-state index contributed by atoms with van der Waals surface area (Å²) in [5.41, 5.74) is 0. The van der Waals surface area contributed by atoms with Crippen molar-refractivity contribution < 1.29 is 9.47 Å². The summed E-state index contributed by atoms with van der Waals surface area (Å²) in [4.78, 5) is 2.44.